The van der Waals surface area contributed by atoms with Crippen LogP contribution in [0.15, 0.2) is 36.7 Å². The molecule has 3 saturated carbocycles. The van der Waals surface area contributed by atoms with Gasteiger partial charge in [0.05, 0.1) is 42.3 Å². The zero-order valence-electron chi connectivity index (χ0n) is 39.3. The summed E-state index contributed by atoms with van der Waals surface area (Å²) in [6.07, 6.45) is 7.12. The van der Waals surface area contributed by atoms with Crippen molar-refractivity contribution in [2.24, 2.45) is 22.2 Å². The number of amides is 5. The lowest BCUT2D eigenvalue weighted by Crippen LogP contribution is -2.74. The topological polar surface area (TPSA) is 196 Å². The molecule has 2 aromatic carbocycles. The summed E-state index contributed by atoms with van der Waals surface area (Å²) >= 11 is 0. The Kier molecular flexibility index (Phi) is 11.2. The third-order valence-corrected chi connectivity index (χ3v) is 15.4. The highest BCUT2D eigenvalue weighted by atomic mass is 16.5. The number of carbonyl (C=O) groups is 5. The van der Waals surface area contributed by atoms with Crippen molar-refractivity contribution >= 4 is 35.4 Å². The predicted octanol–water partition coefficient (Wildman–Crippen LogP) is 5.52. The summed E-state index contributed by atoms with van der Waals surface area (Å²) in [7, 11) is 1.43. The highest BCUT2D eigenvalue weighted by Gasteiger charge is 2.64. The van der Waals surface area contributed by atoms with Crippen molar-refractivity contribution in [1.82, 2.24) is 30.4 Å². The molecule has 1 aromatic heterocycles. The minimum absolute atomic E-state index is 0.0441. The molecule has 16 nitrogen and oxygen atoms in total. The Balaban J connectivity index is 0.736. The van der Waals surface area contributed by atoms with E-state index in [0.717, 1.165) is 72.9 Å². The third kappa shape index (κ3) is 7.62. The average Bonchev–Trinajstić information content (AvgIpc) is 3.46. The predicted molar refractivity (Wildman–Crippen MR) is 242 cm³/mol. The molecule has 0 radical (unpaired) electrons. The Labute approximate surface area is 385 Å². The summed E-state index contributed by atoms with van der Waals surface area (Å²) < 4.78 is 18.4. The summed E-state index contributed by atoms with van der Waals surface area (Å²) in [5, 5.41) is 15.0. The van der Waals surface area contributed by atoms with Crippen molar-refractivity contribution in [1.29, 1.82) is 5.26 Å². The number of nitriles is 1. The fourth-order valence-electron chi connectivity index (χ4n) is 12.3. The molecule has 3 aliphatic carbocycles. The number of nitrogens with zero attached hydrogens (tertiary/aromatic N) is 6. The summed E-state index contributed by atoms with van der Waals surface area (Å²) in [5.74, 6) is 0.165. The second kappa shape index (κ2) is 16.4. The van der Waals surface area contributed by atoms with Gasteiger partial charge in [0.2, 0.25) is 11.8 Å². The lowest BCUT2D eigenvalue weighted by Gasteiger charge is -2.63. The number of aromatic nitrogens is 2. The molecule has 0 unspecified atom stereocenters. The van der Waals surface area contributed by atoms with Gasteiger partial charge in [0.25, 0.3) is 17.7 Å². The van der Waals surface area contributed by atoms with Gasteiger partial charge in [0, 0.05) is 79.3 Å². The van der Waals surface area contributed by atoms with Crippen LogP contribution in [-0.4, -0.2) is 112 Å². The van der Waals surface area contributed by atoms with Crippen molar-refractivity contribution in [2.45, 2.75) is 130 Å². The highest BCUT2D eigenvalue weighted by molar-refractivity contribution is 6.24. The SMILES string of the molecule is COc1cc(OC2CC(N(CC3CC4(C3)CN(c3cnc(C(=O)NC5C(C)(C)C(Oc6cc(C)c(C#N)c(C)c6)C5(C)C)cn3)C4)C(C)C)C2)cc2c1C(=O)N([C@@H]1CCC(=O)NC1=O)C2=O. The molecule has 9 rings (SSSR count). The number of ether oxygens (including phenoxy) is 3. The van der Waals surface area contributed by atoms with E-state index in [4.69, 9.17) is 14.2 Å². The van der Waals surface area contributed by atoms with Gasteiger partial charge in [-0.2, -0.15) is 5.26 Å². The number of carbonyl (C=O) groups excluding carboxylic acids is 5. The first-order valence-corrected chi connectivity index (χ1v) is 23.2. The maximum atomic E-state index is 13.5. The maximum Gasteiger partial charge on any atom is 0.271 e. The summed E-state index contributed by atoms with van der Waals surface area (Å²) in [6.45, 7) is 19.6. The number of fused-ring (bicyclic) bond motifs is 1. The molecule has 1 spiro atoms. The molecule has 3 aromatic rings. The number of anilines is 1. The molecule has 3 aliphatic heterocycles. The Morgan fingerprint density at radius 2 is 1.62 bits per heavy atom. The molecule has 5 amide bonds. The van der Waals surface area contributed by atoms with Crippen molar-refractivity contribution in [3.05, 3.63) is 70.2 Å². The molecule has 1 atom stereocenters. The molecular weight excluding hydrogens is 841 g/mol. The van der Waals surface area contributed by atoms with Crippen molar-refractivity contribution < 1.29 is 38.2 Å². The van der Waals surface area contributed by atoms with E-state index in [1.807, 2.05) is 26.0 Å². The van der Waals surface area contributed by atoms with E-state index in [9.17, 15) is 29.2 Å². The number of hydrogen-bond donors (Lipinski definition) is 2. The van der Waals surface area contributed by atoms with Gasteiger partial charge in [-0.15, -0.1) is 0 Å². The fourth-order valence-corrected chi connectivity index (χ4v) is 12.3. The third-order valence-electron chi connectivity index (χ3n) is 15.4. The van der Waals surface area contributed by atoms with Crippen LogP contribution in [0.3, 0.4) is 0 Å². The Morgan fingerprint density at radius 1 is 0.955 bits per heavy atom. The van der Waals surface area contributed by atoms with E-state index in [1.165, 1.54) is 7.11 Å². The second-order valence-electron chi connectivity index (χ2n) is 21.1. The van der Waals surface area contributed by atoms with Crippen LogP contribution in [0.25, 0.3) is 0 Å². The lowest BCUT2D eigenvalue weighted by molar-refractivity contribution is -0.164. The summed E-state index contributed by atoms with van der Waals surface area (Å²) in [4.78, 5) is 79.7. The first-order chi connectivity index (χ1) is 31.2. The number of rotatable bonds is 13. The highest BCUT2D eigenvalue weighted by Crippen LogP contribution is 2.56. The summed E-state index contributed by atoms with van der Waals surface area (Å²) in [6, 6.07) is 8.77. The molecule has 5 fully saturated rings. The van der Waals surface area contributed by atoms with Gasteiger partial charge >= 0.3 is 0 Å². The van der Waals surface area contributed by atoms with Crippen LogP contribution in [0, 0.1) is 47.3 Å². The van der Waals surface area contributed by atoms with E-state index in [0.29, 0.717) is 29.3 Å². The molecule has 348 valence electrons. The van der Waals surface area contributed by atoms with E-state index >= 15 is 0 Å². The number of nitrogens with one attached hydrogen (secondary N) is 2. The van der Waals surface area contributed by atoms with Crippen LogP contribution in [0.1, 0.15) is 128 Å². The second-order valence-corrected chi connectivity index (χ2v) is 21.1. The van der Waals surface area contributed by atoms with Crippen LogP contribution in [0.2, 0.25) is 0 Å². The van der Waals surface area contributed by atoms with Crippen molar-refractivity contribution in [3.63, 3.8) is 0 Å². The lowest BCUT2D eigenvalue weighted by atomic mass is 9.49. The largest absolute Gasteiger partial charge is 0.496 e. The van der Waals surface area contributed by atoms with Crippen LogP contribution in [0.5, 0.6) is 17.2 Å². The first kappa shape index (κ1) is 45.1. The molecule has 2 N–H and O–H groups in total. The smallest absolute Gasteiger partial charge is 0.271 e. The van der Waals surface area contributed by atoms with Gasteiger partial charge in [0.1, 0.15) is 47.0 Å². The fraction of sp³-hybridized carbons (Fsp3) is 0.560. The molecule has 16 heteroatoms. The van der Waals surface area contributed by atoms with E-state index in [2.05, 4.69) is 78.0 Å². The van der Waals surface area contributed by atoms with Gasteiger partial charge in [0.15, 0.2) is 0 Å². The van der Waals surface area contributed by atoms with E-state index in [-0.39, 0.29) is 75.8 Å². The molecule has 2 saturated heterocycles. The quantitative estimate of drug-likeness (QED) is 0.204. The maximum absolute atomic E-state index is 13.5. The van der Waals surface area contributed by atoms with Gasteiger partial charge in [-0.1, -0.05) is 27.7 Å². The molecule has 66 heavy (non-hydrogen) atoms. The van der Waals surface area contributed by atoms with Crippen molar-refractivity contribution in [3.8, 4) is 23.3 Å². The Bertz CT molecular complexity index is 2510. The zero-order chi connectivity index (χ0) is 47.2. The molecule has 0 bridgehead atoms. The van der Waals surface area contributed by atoms with Gasteiger partial charge < -0.3 is 24.4 Å². The van der Waals surface area contributed by atoms with E-state index < -0.39 is 29.7 Å². The monoisotopic (exact) mass is 900 g/mol. The van der Waals surface area contributed by atoms with Crippen molar-refractivity contribution in [2.75, 3.05) is 31.6 Å². The number of piperidine rings is 1. The minimum atomic E-state index is -1.06. The van der Waals surface area contributed by atoms with Gasteiger partial charge in [-0.25, -0.2) is 9.97 Å². The number of imide groups is 2. The molecular formula is C50H60N8O8. The Morgan fingerprint density at radius 3 is 2.21 bits per heavy atom. The zero-order valence-corrected chi connectivity index (χ0v) is 39.3. The molecule has 4 heterocycles. The summed E-state index contributed by atoms with van der Waals surface area (Å²) in [5.41, 5.74) is 2.47. The normalized spacial score (nSPS) is 25.9. The Hall–Kier alpha value is -6.08. The first-order valence-electron chi connectivity index (χ1n) is 23.2. The number of benzene rings is 2. The molecule has 6 aliphatic rings. The van der Waals surface area contributed by atoms with E-state index in [1.54, 1.807) is 24.5 Å². The van der Waals surface area contributed by atoms with Crippen LogP contribution >= 0.6 is 0 Å². The minimum Gasteiger partial charge on any atom is -0.496 e. The standard InChI is InChI=1S/C50H60N8O8/c1-26(2)57(30-14-32(15-30)65-33-16-34-41(38(17-33)64-9)45(63)58(44(34)62)37-10-11-40(59)54-43(37)61)23-29-18-50(19-29)24-56(25-50)39-22-52-36(21-53-39)42(60)55-46-48(5,6)47(49(46,7)8)66-31-12-27(3)35(20-51)28(4)13-31/h12-13,16-17,21-22,26,29-30,32,37,46-47H,10-11,14-15,18-19,23-25H2,1-9H3,(H,55,60)(H,54,59,61)/t30?,32?,37-,46?,47?/m1/s1. The van der Waals surface area contributed by atoms with Crippen LogP contribution in [0.4, 0.5) is 5.82 Å². The van der Waals surface area contributed by atoms with Gasteiger partial charge in [-0.3, -0.25) is 39.1 Å². The van der Waals surface area contributed by atoms with Crippen LogP contribution in [-0.2, 0) is 9.59 Å². The number of methoxy groups -OCH3 is 1. The number of aryl methyl sites for hydroxylation is 2. The van der Waals surface area contributed by atoms with Crippen LogP contribution < -0.4 is 29.7 Å². The average molecular weight is 901 g/mol. The number of hydrogen-bond acceptors (Lipinski definition) is 13. The van der Waals surface area contributed by atoms with Gasteiger partial charge in [-0.05, 0) is 82.2 Å².